The molecule has 8 heteroatoms. The van der Waals surface area contributed by atoms with E-state index in [-0.39, 0.29) is 16.6 Å². The summed E-state index contributed by atoms with van der Waals surface area (Å²) >= 11 is 0.908. The molecule has 2 N–H and O–H groups in total. The number of hydrogen-bond donors (Lipinski definition) is 1. The molecule has 0 saturated heterocycles. The summed E-state index contributed by atoms with van der Waals surface area (Å²) in [6.45, 7) is 0. The zero-order valence-corrected chi connectivity index (χ0v) is 8.51. The van der Waals surface area contributed by atoms with E-state index in [4.69, 9.17) is 5.73 Å². The number of anilines is 1. The number of nitrogens with zero attached hydrogens (tertiary/aromatic N) is 3. The number of aromatic nitrogens is 3. The molecule has 84 valence electrons. The largest absolute Gasteiger partial charge is 0.416 e. The number of nitrogens with two attached hydrogens (primary N) is 1. The molecule has 0 atom stereocenters. The van der Waals surface area contributed by atoms with E-state index in [1.54, 1.807) is 0 Å². The van der Waals surface area contributed by atoms with Gasteiger partial charge in [-0.25, -0.2) is 0 Å². The Balaban J connectivity index is 2.44. The van der Waals surface area contributed by atoms with Crippen LogP contribution in [0, 0.1) is 0 Å². The standard InChI is InChI=1S/C8H5F3N4S/c9-8(10,11)4-1-2-13-5(3-4)6-14-7(12)16-15-6/h1-3H,(H2,12,14,15). The van der Waals surface area contributed by atoms with Gasteiger partial charge in [-0.1, -0.05) is 0 Å². The minimum atomic E-state index is -4.40. The van der Waals surface area contributed by atoms with E-state index in [0.29, 0.717) is 0 Å². The Morgan fingerprint density at radius 3 is 2.62 bits per heavy atom. The maximum absolute atomic E-state index is 12.4. The summed E-state index contributed by atoms with van der Waals surface area (Å²) in [5.41, 5.74) is 4.61. The van der Waals surface area contributed by atoms with Crippen LogP contribution in [0.1, 0.15) is 5.56 Å². The van der Waals surface area contributed by atoms with E-state index >= 15 is 0 Å². The molecule has 2 aromatic rings. The van der Waals surface area contributed by atoms with Crippen molar-refractivity contribution in [1.29, 1.82) is 0 Å². The fourth-order valence-corrected chi connectivity index (χ4v) is 1.51. The summed E-state index contributed by atoms with van der Waals surface area (Å²) in [6.07, 6.45) is -3.34. The van der Waals surface area contributed by atoms with Crippen molar-refractivity contribution in [2.45, 2.75) is 6.18 Å². The minimum Gasteiger partial charge on any atom is -0.374 e. The van der Waals surface area contributed by atoms with E-state index in [2.05, 4.69) is 14.3 Å². The first-order valence-corrected chi connectivity index (χ1v) is 4.87. The summed E-state index contributed by atoms with van der Waals surface area (Å²) in [5.74, 6) is 0.105. The fraction of sp³-hybridized carbons (Fsp3) is 0.125. The quantitative estimate of drug-likeness (QED) is 0.837. The van der Waals surface area contributed by atoms with Crippen molar-refractivity contribution in [1.82, 2.24) is 14.3 Å². The number of alkyl halides is 3. The highest BCUT2D eigenvalue weighted by atomic mass is 32.1. The molecule has 0 aliphatic carbocycles. The van der Waals surface area contributed by atoms with Crippen molar-refractivity contribution in [2.24, 2.45) is 0 Å². The molecule has 0 aromatic carbocycles. The molecule has 0 unspecified atom stereocenters. The van der Waals surface area contributed by atoms with Gasteiger partial charge in [-0.3, -0.25) is 4.98 Å². The van der Waals surface area contributed by atoms with Crippen LogP contribution in [0.3, 0.4) is 0 Å². The third kappa shape index (κ3) is 2.11. The molecule has 2 heterocycles. The first kappa shape index (κ1) is 10.8. The molecule has 0 amide bonds. The van der Waals surface area contributed by atoms with Crippen molar-refractivity contribution in [3.63, 3.8) is 0 Å². The van der Waals surface area contributed by atoms with Gasteiger partial charge >= 0.3 is 6.18 Å². The summed E-state index contributed by atoms with van der Waals surface area (Å²) in [5, 5.41) is 0.189. The molecule has 0 radical (unpaired) electrons. The lowest BCUT2D eigenvalue weighted by Crippen LogP contribution is -2.05. The van der Waals surface area contributed by atoms with Crippen molar-refractivity contribution in [3.8, 4) is 11.5 Å². The fourth-order valence-electron chi connectivity index (χ4n) is 1.07. The van der Waals surface area contributed by atoms with Crippen molar-refractivity contribution < 1.29 is 13.2 Å². The number of hydrogen-bond acceptors (Lipinski definition) is 5. The van der Waals surface area contributed by atoms with Gasteiger partial charge in [0.25, 0.3) is 0 Å². The van der Waals surface area contributed by atoms with Gasteiger partial charge in [0.05, 0.1) is 5.56 Å². The molecule has 0 fully saturated rings. The molecule has 16 heavy (non-hydrogen) atoms. The van der Waals surface area contributed by atoms with Crippen LogP contribution in [0.15, 0.2) is 18.3 Å². The lowest BCUT2D eigenvalue weighted by molar-refractivity contribution is -0.137. The van der Waals surface area contributed by atoms with Crippen LogP contribution in [-0.4, -0.2) is 14.3 Å². The third-order valence-electron chi connectivity index (χ3n) is 1.76. The van der Waals surface area contributed by atoms with E-state index in [1.807, 2.05) is 0 Å². The number of nitrogen functional groups attached to an aromatic ring is 1. The van der Waals surface area contributed by atoms with Gasteiger partial charge in [-0.2, -0.15) is 22.5 Å². The smallest absolute Gasteiger partial charge is 0.374 e. The SMILES string of the molecule is Nc1nc(-c2cc(C(F)(F)F)ccn2)ns1. The lowest BCUT2D eigenvalue weighted by atomic mass is 10.2. The van der Waals surface area contributed by atoms with Gasteiger partial charge in [-0.15, -0.1) is 0 Å². The van der Waals surface area contributed by atoms with Crippen LogP contribution in [-0.2, 0) is 6.18 Å². The zero-order valence-electron chi connectivity index (χ0n) is 7.69. The Morgan fingerprint density at radius 2 is 2.06 bits per heavy atom. The highest BCUT2D eigenvalue weighted by Crippen LogP contribution is 2.30. The van der Waals surface area contributed by atoms with E-state index in [1.165, 1.54) is 0 Å². The molecule has 0 aliphatic heterocycles. The second-order valence-corrected chi connectivity index (χ2v) is 3.67. The Hall–Kier alpha value is -1.70. The summed E-state index contributed by atoms with van der Waals surface area (Å²) in [6, 6.07) is 1.78. The maximum atomic E-state index is 12.4. The summed E-state index contributed by atoms with van der Waals surface area (Å²) in [7, 11) is 0. The normalized spacial score (nSPS) is 11.7. The Morgan fingerprint density at radius 1 is 1.31 bits per heavy atom. The van der Waals surface area contributed by atoms with Gasteiger partial charge in [0.2, 0.25) is 0 Å². The average molecular weight is 246 g/mol. The van der Waals surface area contributed by atoms with Crippen LogP contribution in [0.25, 0.3) is 11.5 Å². The Kier molecular flexibility index (Phi) is 2.50. The molecule has 4 nitrogen and oxygen atoms in total. The first-order chi connectivity index (χ1) is 7.47. The van der Waals surface area contributed by atoms with E-state index in [0.717, 1.165) is 29.9 Å². The third-order valence-corrected chi connectivity index (χ3v) is 2.30. The Labute approximate surface area is 92.1 Å². The summed E-state index contributed by atoms with van der Waals surface area (Å²) < 4.78 is 41.0. The molecule has 2 aromatic heterocycles. The number of rotatable bonds is 1. The number of pyridine rings is 1. The second-order valence-electron chi connectivity index (χ2n) is 2.88. The second kappa shape index (κ2) is 3.71. The lowest BCUT2D eigenvalue weighted by Gasteiger charge is -2.06. The monoisotopic (exact) mass is 246 g/mol. The van der Waals surface area contributed by atoms with Crippen LogP contribution < -0.4 is 5.73 Å². The van der Waals surface area contributed by atoms with E-state index < -0.39 is 11.7 Å². The van der Waals surface area contributed by atoms with Crippen LogP contribution in [0.2, 0.25) is 0 Å². The predicted octanol–water partition coefficient (Wildman–Crippen LogP) is 2.20. The molecule has 0 bridgehead atoms. The topological polar surface area (TPSA) is 64.7 Å². The van der Waals surface area contributed by atoms with Crippen LogP contribution >= 0.6 is 11.5 Å². The zero-order chi connectivity index (χ0) is 11.8. The summed E-state index contributed by atoms with van der Waals surface area (Å²) in [4.78, 5) is 7.52. The Bertz CT molecular complexity index is 508. The average Bonchev–Trinajstić information content (AvgIpc) is 2.64. The highest BCUT2D eigenvalue weighted by Gasteiger charge is 2.31. The van der Waals surface area contributed by atoms with Crippen molar-refractivity contribution >= 4 is 16.7 Å². The predicted molar refractivity (Wildman–Crippen MR) is 52.6 cm³/mol. The van der Waals surface area contributed by atoms with Gasteiger partial charge in [0.15, 0.2) is 11.0 Å². The van der Waals surface area contributed by atoms with Gasteiger partial charge < -0.3 is 5.73 Å². The highest BCUT2D eigenvalue weighted by molar-refractivity contribution is 7.09. The van der Waals surface area contributed by atoms with E-state index in [9.17, 15) is 13.2 Å². The van der Waals surface area contributed by atoms with Crippen LogP contribution in [0.4, 0.5) is 18.3 Å². The van der Waals surface area contributed by atoms with Crippen LogP contribution in [0.5, 0.6) is 0 Å². The maximum Gasteiger partial charge on any atom is 0.416 e. The van der Waals surface area contributed by atoms with Gasteiger partial charge in [0, 0.05) is 17.7 Å². The van der Waals surface area contributed by atoms with Crippen molar-refractivity contribution in [3.05, 3.63) is 23.9 Å². The first-order valence-electron chi connectivity index (χ1n) is 4.09. The molecule has 0 aliphatic rings. The molecule has 0 saturated carbocycles. The van der Waals surface area contributed by atoms with Crippen molar-refractivity contribution in [2.75, 3.05) is 5.73 Å². The molecule has 0 spiro atoms. The number of halogens is 3. The molecular formula is C8H5F3N4S. The molecule has 2 rings (SSSR count). The van der Waals surface area contributed by atoms with Gasteiger partial charge in [0.1, 0.15) is 5.69 Å². The van der Waals surface area contributed by atoms with Gasteiger partial charge in [-0.05, 0) is 12.1 Å². The minimum absolute atomic E-state index is 0.0581. The molecular weight excluding hydrogens is 241 g/mol.